The van der Waals surface area contributed by atoms with Crippen LogP contribution in [-0.2, 0) is 12.7 Å². The van der Waals surface area contributed by atoms with E-state index in [4.69, 9.17) is 4.74 Å². The molecule has 1 N–H and O–H groups in total. The van der Waals surface area contributed by atoms with Gasteiger partial charge in [0.05, 0.1) is 36.2 Å². The Hall–Kier alpha value is -4.12. The summed E-state index contributed by atoms with van der Waals surface area (Å²) in [7, 11) is 1.49. The summed E-state index contributed by atoms with van der Waals surface area (Å²) in [6.45, 7) is -0.219. The van der Waals surface area contributed by atoms with Crippen LogP contribution in [0.5, 0.6) is 5.75 Å². The highest BCUT2D eigenvalue weighted by Gasteiger charge is 2.35. The highest BCUT2D eigenvalue weighted by Crippen LogP contribution is 2.32. The van der Waals surface area contributed by atoms with Gasteiger partial charge in [0, 0.05) is 5.56 Å². The maximum atomic E-state index is 13.4. The number of nitrogens with one attached hydrogen (secondary N) is 1. The van der Waals surface area contributed by atoms with Crippen LogP contribution in [0, 0.1) is 0 Å². The summed E-state index contributed by atoms with van der Waals surface area (Å²) in [5, 5.41) is 11.2. The number of methoxy groups -OCH3 is 1. The van der Waals surface area contributed by atoms with Crippen LogP contribution in [0.25, 0.3) is 5.69 Å². The van der Waals surface area contributed by atoms with Crippen LogP contribution in [0.3, 0.4) is 0 Å². The molecule has 0 atom stereocenters. The first-order valence-electron chi connectivity index (χ1n) is 11.0. The lowest BCUT2D eigenvalue weighted by Crippen LogP contribution is -2.27. The van der Waals surface area contributed by atoms with Gasteiger partial charge in [-0.25, -0.2) is 0 Å². The van der Waals surface area contributed by atoms with Crippen molar-refractivity contribution in [1.29, 1.82) is 0 Å². The second-order valence-corrected chi connectivity index (χ2v) is 8.65. The number of benzene rings is 3. The molecule has 0 unspecified atom stereocenters. The van der Waals surface area contributed by atoms with Gasteiger partial charge in [0.1, 0.15) is 5.75 Å². The van der Waals surface area contributed by atoms with Crippen molar-refractivity contribution in [2.75, 3.05) is 12.9 Å². The molecule has 11 heteroatoms. The van der Waals surface area contributed by atoms with E-state index in [-0.39, 0.29) is 23.9 Å². The number of carbonyl (C=O) groups is 2. The topological polar surface area (TPSA) is 86.1 Å². The van der Waals surface area contributed by atoms with E-state index in [1.54, 1.807) is 53.1 Å². The number of aromatic nitrogens is 3. The molecule has 4 rings (SSSR count). The van der Waals surface area contributed by atoms with E-state index < -0.39 is 23.2 Å². The second-order valence-electron chi connectivity index (χ2n) is 7.71. The number of ketones is 1. The molecular weight excluding hydrogens is 505 g/mol. The molecule has 0 fully saturated rings. The minimum absolute atomic E-state index is 0.0720. The molecule has 0 aliphatic rings. The van der Waals surface area contributed by atoms with Crippen LogP contribution in [0.2, 0.25) is 0 Å². The molecular formula is C26H21F3N4O3S. The van der Waals surface area contributed by atoms with E-state index >= 15 is 0 Å². The summed E-state index contributed by atoms with van der Waals surface area (Å²) in [5.41, 5.74) is -0.436. The number of nitrogens with zero attached hydrogens (tertiary/aromatic N) is 3. The SMILES string of the molecule is COc1ccccc1-n1c(CNC(=O)c2ccccc2C(F)(F)F)nnc1SCC(=O)c1ccccc1. The molecule has 0 saturated heterocycles. The minimum Gasteiger partial charge on any atom is -0.495 e. The number of carbonyl (C=O) groups excluding carboxylic acids is 2. The molecule has 0 saturated carbocycles. The highest BCUT2D eigenvalue weighted by atomic mass is 32.2. The van der Waals surface area contributed by atoms with Crippen LogP contribution in [0.4, 0.5) is 13.2 Å². The second kappa shape index (κ2) is 11.3. The smallest absolute Gasteiger partial charge is 0.417 e. The van der Waals surface area contributed by atoms with E-state index in [1.165, 1.54) is 19.2 Å². The summed E-state index contributed by atoms with van der Waals surface area (Å²) in [6, 6.07) is 20.3. The van der Waals surface area contributed by atoms with Gasteiger partial charge in [0.2, 0.25) is 0 Å². The van der Waals surface area contributed by atoms with E-state index in [0.717, 1.165) is 23.9 Å². The molecule has 1 amide bonds. The fourth-order valence-electron chi connectivity index (χ4n) is 3.59. The maximum absolute atomic E-state index is 13.4. The fourth-order valence-corrected chi connectivity index (χ4v) is 4.44. The molecule has 7 nitrogen and oxygen atoms in total. The molecule has 37 heavy (non-hydrogen) atoms. The zero-order valence-electron chi connectivity index (χ0n) is 19.5. The molecule has 190 valence electrons. The Morgan fingerprint density at radius 1 is 0.946 bits per heavy atom. The van der Waals surface area contributed by atoms with Crippen LogP contribution < -0.4 is 10.1 Å². The van der Waals surface area contributed by atoms with E-state index in [9.17, 15) is 22.8 Å². The zero-order chi connectivity index (χ0) is 26.4. The van der Waals surface area contributed by atoms with Crippen LogP contribution in [0.15, 0.2) is 84.0 Å². The number of para-hydroxylation sites is 2. The predicted octanol–water partition coefficient (Wildman–Crippen LogP) is 5.20. The van der Waals surface area contributed by atoms with Crippen LogP contribution >= 0.6 is 11.8 Å². The molecule has 0 aliphatic heterocycles. The van der Waals surface area contributed by atoms with Gasteiger partial charge < -0.3 is 10.1 Å². The summed E-state index contributed by atoms with van der Waals surface area (Å²) >= 11 is 1.14. The number of hydrogen-bond acceptors (Lipinski definition) is 6. The van der Waals surface area contributed by atoms with E-state index in [0.29, 0.717) is 22.2 Å². The molecule has 0 bridgehead atoms. The van der Waals surface area contributed by atoms with Crippen molar-refractivity contribution in [2.45, 2.75) is 17.9 Å². The quantitative estimate of drug-likeness (QED) is 0.238. The monoisotopic (exact) mass is 526 g/mol. The number of Topliss-reactive ketones (excluding diaryl/α,β-unsaturated/α-hetero) is 1. The largest absolute Gasteiger partial charge is 0.495 e. The van der Waals surface area contributed by atoms with Crippen molar-refractivity contribution >= 4 is 23.5 Å². The van der Waals surface area contributed by atoms with Gasteiger partial charge in [-0.05, 0) is 24.3 Å². The normalized spacial score (nSPS) is 11.2. The minimum atomic E-state index is -4.68. The number of thioether (sulfide) groups is 1. The number of ether oxygens (including phenoxy) is 1. The molecule has 0 aliphatic carbocycles. The van der Waals surface area contributed by atoms with Crippen LogP contribution in [-0.4, -0.2) is 39.3 Å². The lowest BCUT2D eigenvalue weighted by atomic mass is 10.1. The highest BCUT2D eigenvalue weighted by molar-refractivity contribution is 7.99. The molecule has 3 aromatic carbocycles. The fraction of sp³-hybridized carbons (Fsp3) is 0.154. The summed E-state index contributed by atoms with van der Waals surface area (Å²) in [6.07, 6.45) is -4.68. The van der Waals surface area contributed by atoms with Crippen LogP contribution in [0.1, 0.15) is 32.1 Å². The van der Waals surface area contributed by atoms with Gasteiger partial charge in [0.25, 0.3) is 5.91 Å². The van der Waals surface area contributed by atoms with E-state index in [2.05, 4.69) is 15.5 Å². The third-order valence-corrected chi connectivity index (χ3v) is 6.27. The standard InChI is InChI=1S/C26H21F3N4O3S/c1-36-22-14-8-7-13-20(22)33-23(15-30-24(35)18-11-5-6-12-19(18)26(27,28)29)31-32-25(33)37-16-21(34)17-9-3-2-4-10-17/h2-14H,15-16H2,1H3,(H,30,35). The number of alkyl halides is 3. The molecule has 0 spiro atoms. The lowest BCUT2D eigenvalue weighted by molar-refractivity contribution is -0.137. The summed E-state index contributed by atoms with van der Waals surface area (Å²) in [4.78, 5) is 25.3. The molecule has 0 radical (unpaired) electrons. The van der Waals surface area contributed by atoms with Gasteiger partial charge in [-0.2, -0.15) is 13.2 Å². The van der Waals surface area contributed by atoms with Crippen molar-refractivity contribution in [3.05, 3.63) is 101 Å². The first-order chi connectivity index (χ1) is 17.8. The molecule has 1 heterocycles. The third-order valence-electron chi connectivity index (χ3n) is 5.34. The lowest BCUT2D eigenvalue weighted by Gasteiger charge is -2.15. The van der Waals surface area contributed by atoms with Crippen molar-refractivity contribution in [3.63, 3.8) is 0 Å². The van der Waals surface area contributed by atoms with Gasteiger partial charge in [-0.1, -0.05) is 66.4 Å². The van der Waals surface area contributed by atoms with Gasteiger partial charge in [-0.15, -0.1) is 10.2 Å². The predicted molar refractivity (Wildman–Crippen MR) is 132 cm³/mol. The zero-order valence-corrected chi connectivity index (χ0v) is 20.3. The van der Waals surface area contributed by atoms with Gasteiger partial charge >= 0.3 is 6.18 Å². The van der Waals surface area contributed by atoms with Crippen molar-refractivity contribution < 1.29 is 27.5 Å². The first-order valence-corrected chi connectivity index (χ1v) is 12.0. The number of hydrogen-bond donors (Lipinski definition) is 1. The third kappa shape index (κ3) is 6.00. The van der Waals surface area contributed by atoms with Crippen molar-refractivity contribution in [1.82, 2.24) is 20.1 Å². The van der Waals surface area contributed by atoms with E-state index in [1.807, 2.05) is 6.07 Å². The molecule has 4 aromatic rings. The number of rotatable bonds is 9. The Bertz CT molecular complexity index is 1410. The Kier molecular flexibility index (Phi) is 7.92. The average molecular weight is 527 g/mol. The van der Waals surface area contributed by atoms with Gasteiger partial charge in [0.15, 0.2) is 16.8 Å². The van der Waals surface area contributed by atoms with Crippen molar-refractivity contribution in [3.8, 4) is 11.4 Å². The average Bonchev–Trinajstić information content (AvgIpc) is 3.32. The summed E-state index contributed by atoms with van der Waals surface area (Å²) < 4.78 is 47.2. The van der Waals surface area contributed by atoms with Crippen molar-refractivity contribution in [2.24, 2.45) is 0 Å². The number of halogens is 3. The summed E-state index contributed by atoms with van der Waals surface area (Å²) in [5.74, 6) is -0.219. The maximum Gasteiger partial charge on any atom is 0.417 e. The first kappa shape index (κ1) is 26.0. The Morgan fingerprint density at radius 2 is 1.62 bits per heavy atom. The Balaban J connectivity index is 1.61. The Morgan fingerprint density at radius 3 is 2.35 bits per heavy atom. The Labute approximate surface area is 214 Å². The number of amides is 1. The van der Waals surface area contributed by atoms with Gasteiger partial charge in [-0.3, -0.25) is 14.2 Å². The molecule has 1 aromatic heterocycles.